The Kier molecular flexibility index (Phi) is 5.59. The molecule has 1 rings (SSSR count). The lowest BCUT2D eigenvalue weighted by atomic mass is 10.0. The van der Waals surface area contributed by atoms with Crippen LogP contribution in [0.3, 0.4) is 0 Å². The van der Waals surface area contributed by atoms with Crippen LogP contribution in [-0.4, -0.2) is 55.9 Å². The quantitative estimate of drug-likeness (QED) is 0.725. The zero-order valence-corrected chi connectivity index (χ0v) is 10.5. The number of rotatable bonds is 4. The van der Waals surface area contributed by atoms with Gasteiger partial charge in [0.05, 0.1) is 7.11 Å². The highest BCUT2D eigenvalue weighted by Gasteiger charge is 2.33. The number of methoxy groups -OCH3 is 1. The smallest absolute Gasteiger partial charge is 0.411 e. The molecular formula is C11H16F3NO4. The molecule has 0 spiro atoms. The number of nitrogens with zero attached hydrogens (tertiary/aromatic N) is 1. The maximum absolute atomic E-state index is 11.9. The van der Waals surface area contributed by atoms with Crippen LogP contribution < -0.4 is 0 Å². The van der Waals surface area contributed by atoms with Gasteiger partial charge in [-0.25, -0.2) is 4.79 Å². The van der Waals surface area contributed by atoms with E-state index < -0.39 is 37.3 Å². The molecule has 0 aliphatic carbocycles. The number of alkyl halides is 3. The number of halogens is 3. The van der Waals surface area contributed by atoms with Gasteiger partial charge in [-0.3, -0.25) is 4.79 Å². The number of ether oxygens (including phenoxy) is 2. The lowest BCUT2D eigenvalue weighted by molar-refractivity contribution is -0.180. The first-order valence-corrected chi connectivity index (χ1v) is 5.87. The average Bonchev–Trinajstić information content (AvgIpc) is 2.36. The van der Waals surface area contributed by atoms with Crippen LogP contribution in [0.25, 0.3) is 0 Å². The molecule has 1 aliphatic rings. The summed E-state index contributed by atoms with van der Waals surface area (Å²) in [6.07, 6.45) is -2.53. The van der Waals surface area contributed by atoms with Crippen LogP contribution in [-0.2, 0) is 19.1 Å². The summed E-state index contributed by atoms with van der Waals surface area (Å²) in [6, 6.07) is -0.722. The SMILES string of the molecule is COC(=O)[C@H]1CCCCN1C(=O)COCC(F)(F)F. The van der Waals surface area contributed by atoms with E-state index in [1.165, 1.54) is 12.0 Å². The highest BCUT2D eigenvalue weighted by Crippen LogP contribution is 2.19. The second kappa shape index (κ2) is 6.74. The van der Waals surface area contributed by atoms with Crippen LogP contribution in [0.15, 0.2) is 0 Å². The van der Waals surface area contributed by atoms with E-state index in [1.54, 1.807) is 0 Å². The third-order valence-electron chi connectivity index (χ3n) is 2.79. The van der Waals surface area contributed by atoms with Crippen molar-refractivity contribution in [3.8, 4) is 0 Å². The molecule has 110 valence electrons. The summed E-state index contributed by atoms with van der Waals surface area (Å²) in [5.41, 5.74) is 0. The summed E-state index contributed by atoms with van der Waals surface area (Å²) in [7, 11) is 1.21. The fourth-order valence-corrected chi connectivity index (χ4v) is 1.95. The highest BCUT2D eigenvalue weighted by molar-refractivity contribution is 5.85. The van der Waals surface area contributed by atoms with Gasteiger partial charge in [-0.2, -0.15) is 13.2 Å². The minimum absolute atomic E-state index is 0.327. The Morgan fingerprint density at radius 2 is 2.00 bits per heavy atom. The number of carbonyl (C=O) groups excluding carboxylic acids is 2. The van der Waals surface area contributed by atoms with Gasteiger partial charge in [0.25, 0.3) is 0 Å². The predicted octanol–water partition coefficient (Wildman–Crippen LogP) is 1.12. The van der Waals surface area contributed by atoms with Crippen LogP contribution in [0.4, 0.5) is 13.2 Å². The molecule has 0 radical (unpaired) electrons. The summed E-state index contributed by atoms with van der Waals surface area (Å²) in [5, 5.41) is 0. The maximum Gasteiger partial charge on any atom is 0.411 e. The number of esters is 1. The summed E-state index contributed by atoms with van der Waals surface area (Å²) >= 11 is 0. The van der Waals surface area contributed by atoms with E-state index >= 15 is 0 Å². The molecule has 1 atom stereocenters. The van der Waals surface area contributed by atoms with Crippen molar-refractivity contribution in [2.75, 3.05) is 26.9 Å². The van der Waals surface area contributed by atoms with E-state index in [-0.39, 0.29) is 0 Å². The molecular weight excluding hydrogens is 267 g/mol. The molecule has 0 bridgehead atoms. The molecule has 1 heterocycles. The van der Waals surface area contributed by atoms with E-state index in [1.807, 2.05) is 0 Å². The topological polar surface area (TPSA) is 55.8 Å². The fourth-order valence-electron chi connectivity index (χ4n) is 1.95. The lowest BCUT2D eigenvalue weighted by Gasteiger charge is -2.33. The number of piperidine rings is 1. The molecule has 0 N–H and O–H groups in total. The largest absolute Gasteiger partial charge is 0.467 e. The van der Waals surface area contributed by atoms with E-state index in [0.29, 0.717) is 19.4 Å². The molecule has 5 nitrogen and oxygen atoms in total. The van der Waals surface area contributed by atoms with Gasteiger partial charge >= 0.3 is 12.1 Å². The Labute approximate surface area is 108 Å². The van der Waals surface area contributed by atoms with Gasteiger partial charge in [0.1, 0.15) is 19.3 Å². The van der Waals surface area contributed by atoms with Gasteiger partial charge in [0.15, 0.2) is 0 Å². The summed E-state index contributed by atoms with van der Waals surface area (Å²) in [6.45, 7) is -1.84. The van der Waals surface area contributed by atoms with Crippen LogP contribution >= 0.6 is 0 Å². The monoisotopic (exact) mass is 283 g/mol. The Balaban J connectivity index is 2.50. The number of hydrogen-bond donors (Lipinski definition) is 0. The minimum Gasteiger partial charge on any atom is -0.467 e. The predicted molar refractivity (Wildman–Crippen MR) is 58.2 cm³/mol. The second-order valence-corrected chi connectivity index (χ2v) is 4.23. The van der Waals surface area contributed by atoms with Gasteiger partial charge in [0, 0.05) is 6.54 Å². The Hall–Kier alpha value is -1.31. The van der Waals surface area contributed by atoms with E-state index in [0.717, 1.165) is 6.42 Å². The summed E-state index contributed by atoms with van der Waals surface area (Å²) < 4.78 is 44.5. The van der Waals surface area contributed by atoms with Crippen molar-refractivity contribution in [2.24, 2.45) is 0 Å². The third-order valence-corrected chi connectivity index (χ3v) is 2.79. The maximum atomic E-state index is 11.9. The van der Waals surface area contributed by atoms with Crippen molar-refractivity contribution >= 4 is 11.9 Å². The number of carbonyl (C=O) groups is 2. The zero-order valence-electron chi connectivity index (χ0n) is 10.5. The van der Waals surface area contributed by atoms with Gasteiger partial charge in [0.2, 0.25) is 5.91 Å². The second-order valence-electron chi connectivity index (χ2n) is 4.23. The third kappa shape index (κ3) is 5.06. The minimum atomic E-state index is -4.47. The highest BCUT2D eigenvalue weighted by atomic mass is 19.4. The molecule has 19 heavy (non-hydrogen) atoms. The van der Waals surface area contributed by atoms with Gasteiger partial charge in [-0.1, -0.05) is 0 Å². The van der Waals surface area contributed by atoms with Crippen LogP contribution in [0.1, 0.15) is 19.3 Å². The summed E-state index contributed by atoms with van der Waals surface area (Å²) in [5.74, 6) is -1.18. The average molecular weight is 283 g/mol. The standard InChI is InChI=1S/C11H16F3NO4/c1-18-10(17)8-4-2-3-5-15(8)9(16)6-19-7-11(12,13)14/h8H,2-7H2,1H3/t8-/m1/s1. The molecule has 1 aliphatic heterocycles. The molecule has 8 heteroatoms. The first kappa shape index (κ1) is 15.7. The molecule has 0 saturated carbocycles. The van der Waals surface area contributed by atoms with Crippen molar-refractivity contribution < 1.29 is 32.2 Å². The first-order chi connectivity index (χ1) is 8.85. The number of amides is 1. The van der Waals surface area contributed by atoms with Crippen molar-refractivity contribution in [3.63, 3.8) is 0 Å². The molecule has 1 fully saturated rings. The molecule has 0 aromatic carbocycles. The first-order valence-electron chi connectivity index (χ1n) is 5.87. The molecule has 1 saturated heterocycles. The van der Waals surface area contributed by atoms with Gasteiger partial charge in [-0.15, -0.1) is 0 Å². The Bertz CT molecular complexity index is 332. The van der Waals surface area contributed by atoms with Gasteiger partial charge < -0.3 is 14.4 Å². The number of hydrogen-bond acceptors (Lipinski definition) is 4. The Morgan fingerprint density at radius 3 is 2.58 bits per heavy atom. The van der Waals surface area contributed by atoms with Crippen LogP contribution in [0.2, 0.25) is 0 Å². The van der Waals surface area contributed by atoms with Crippen molar-refractivity contribution in [2.45, 2.75) is 31.5 Å². The van der Waals surface area contributed by atoms with Crippen molar-refractivity contribution in [3.05, 3.63) is 0 Å². The fraction of sp³-hybridized carbons (Fsp3) is 0.818. The Morgan fingerprint density at radius 1 is 1.32 bits per heavy atom. The zero-order chi connectivity index (χ0) is 14.5. The molecule has 0 unspecified atom stereocenters. The van der Waals surface area contributed by atoms with Crippen LogP contribution in [0, 0.1) is 0 Å². The van der Waals surface area contributed by atoms with E-state index in [2.05, 4.69) is 9.47 Å². The lowest BCUT2D eigenvalue weighted by Crippen LogP contribution is -2.49. The molecule has 0 aromatic heterocycles. The van der Waals surface area contributed by atoms with E-state index in [4.69, 9.17) is 0 Å². The van der Waals surface area contributed by atoms with Crippen LogP contribution in [0.5, 0.6) is 0 Å². The normalized spacial score (nSPS) is 20.2. The van der Waals surface area contributed by atoms with Gasteiger partial charge in [-0.05, 0) is 19.3 Å². The molecule has 0 aromatic rings. The molecule has 1 amide bonds. The number of likely N-dealkylation sites (tertiary alicyclic amines) is 1. The van der Waals surface area contributed by atoms with Crippen molar-refractivity contribution in [1.29, 1.82) is 0 Å². The van der Waals surface area contributed by atoms with E-state index in [9.17, 15) is 22.8 Å². The summed E-state index contributed by atoms with van der Waals surface area (Å²) in [4.78, 5) is 24.4. The van der Waals surface area contributed by atoms with Crippen molar-refractivity contribution in [1.82, 2.24) is 4.90 Å².